The van der Waals surface area contributed by atoms with Crippen LogP contribution in [0.25, 0.3) is 0 Å². The highest BCUT2D eigenvalue weighted by Crippen LogP contribution is 2.60. The lowest BCUT2D eigenvalue weighted by atomic mass is 9.48. The molecule has 6 fully saturated rings. The van der Waals surface area contributed by atoms with Gasteiger partial charge in [-0.3, -0.25) is 20.0 Å². The molecule has 1 aromatic heterocycles. The average Bonchev–Trinajstić information content (AvgIpc) is 2.85. The van der Waals surface area contributed by atoms with E-state index in [0.29, 0.717) is 29.6 Å². The number of aliphatic imine (C=N–C) groups is 1. The van der Waals surface area contributed by atoms with Crippen molar-refractivity contribution in [2.75, 3.05) is 31.1 Å². The molecular weight excluding hydrogens is 530 g/mol. The van der Waals surface area contributed by atoms with E-state index in [-0.39, 0.29) is 22.9 Å². The normalized spacial score (nSPS) is 37.4. The molecule has 4 aliphatic carbocycles. The number of carbonyl (C=O) groups is 1. The van der Waals surface area contributed by atoms with E-state index in [1.54, 1.807) is 0 Å². The molecule has 6 aliphatic rings. The molecule has 0 aromatic carbocycles. The summed E-state index contributed by atoms with van der Waals surface area (Å²) in [5.74, 6) is 4.20. The SMILES string of the molecule is CC(C)(C(=NC1C2CC3CC1CC(C(N)=O)(C3)C2)NC#N)N1CC2CC(CN(c3ccc(Br)cn3)C2)C1. The zero-order chi connectivity index (χ0) is 25.9. The highest BCUT2D eigenvalue weighted by atomic mass is 79.9. The summed E-state index contributed by atoms with van der Waals surface area (Å²) in [6, 6.07) is 4.33. The molecule has 4 unspecified atom stereocenters. The molecule has 9 heteroatoms. The Morgan fingerprint density at radius 2 is 1.81 bits per heavy atom. The number of nitrogens with zero attached hydrogens (tertiary/aromatic N) is 5. The smallest absolute Gasteiger partial charge is 0.223 e. The lowest BCUT2D eigenvalue weighted by molar-refractivity contribution is -0.144. The number of amidine groups is 1. The molecule has 4 saturated carbocycles. The van der Waals surface area contributed by atoms with Crippen LogP contribution in [0.3, 0.4) is 0 Å². The number of pyridine rings is 1. The highest BCUT2D eigenvalue weighted by Gasteiger charge is 2.58. The largest absolute Gasteiger partial charge is 0.369 e. The van der Waals surface area contributed by atoms with Gasteiger partial charge in [0.2, 0.25) is 5.91 Å². The van der Waals surface area contributed by atoms with Crippen LogP contribution in [0.4, 0.5) is 5.82 Å². The minimum Gasteiger partial charge on any atom is -0.369 e. The van der Waals surface area contributed by atoms with Crippen molar-refractivity contribution in [3.63, 3.8) is 0 Å². The number of piperidine rings is 2. The molecule has 7 rings (SSSR count). The quantitative estimate of drug-likeness (QED) is 0.244. The second kappa shape index (κ2) is 9.23. The number of rotatable bonds is 5. The van der Waals surface area contributed by atoms with Crippen LogP contribution in [0, 0.1) is 46.5 Å². The topological polar surface area (TPSA) is 111 Å². The molecule has 3 N–H and O–H groups in total. The first-order chi connectivity index (χ1) is 17.7. The standard InChI is InChI=1S/C28H38BrN7O/c1-27(2,36-14-18-5-19(15-36)13-35(12-18)23-4-3-22(29)11-32-23)26(33-16-30)34-24-20-6-17-7-21(24)10-28(8-17,9-20)25(31)37/h3-4,11,17-21,24H,5-10,12-15H2,1-2H3,(H2,31,37)(H,33,34). The monoisotopic (exact) mass is 567 g/mol. The third kappa shape index (κ3) is 4.44. The number of likely N-dealkylation sites (tertiary alicyclic amines) is 1. The summed E-state index contributed by atoms with van der Waals surface area (Å²) in [6.45, 7) is 8.39. The van der Waals surface area contributed by atoms with Crippen molar-refractivity contribution in [3.8, 4) is 6.19 Å². The number of primary amides is 1. The Morgan fingerprint density at radius 3 is 2.38 bits per heavy atom. The number of nitrogens with one attached hydrogen (secondary N) is 1. The van der Waals surface area contributed by atoms with Gasteiger partial charge in [-0.2, -0.15) is 5.26 Å². The van der Waals surface area contributed by atoms with Gasteiger partial charge in [0.15, 0.2) is 6.19 Å². The molecule has 8 nitrogen and oxygen atoms in total. The second-order valence-corrected chi connectivity index (χ2v) is 13.9. The lowest BCUT2D eigenvalue weighted by Crippen LogP contribution is -2.63. The molecule has 0 radical (unpaired) electrons. The van der Waals surface area contributed by atoms with Crippen molar-refractivity contribution in [1.29, 1.82) is 5.26 Å². The van der Waals surface area contributed by atoms with E-state index in [1.165, 1.54) is 6.42 Å². The Kier molecular flexibility index (Phi) is 6.27. The molecule has 6 bridgehead atoms. The predicted octanol–water partition coefficient (Wildman–Crippen LogP) is 3.53. The number of hydrogen-bond acceptors (Lipinski definition) is 6. The van der Waals surface area contributed by atoms with Gasteiger partial charge in [-0.15, -0.1) is 0 Å². The van der Waals surface area contributed by atoms with Gasteiger partial charge in [0.25, 0.3) is 0 Å². The minimum atomic E-state index is -0.374. The van der Waals surface area contributed by atoms with Gasteiger partial charge in [0, 0.05) is 42.3 Å². The van der Waals surface area contributed by atoms with E-state index in [1.807, 2.05) is 6.20 Å². The minimum absolute atomic E-state index is 0.114. The number of hydrogen-bond donors (Lipinski definition) is 2. The number of halogens is 1. The van der Waals surface area contributed by atoms with Crippen molar-refractivity contribution >= 4 is 33.5 Å². The summed E-state index contributed by atoms with van der Waals surface area (Å²) in [7, 11) is 0. The number of amides is 1. The molecule has 1 amide bonds. The molecule has 2 saturated heterocycles. The Labute approximate surface area is 228 Å². The first kappa shape index (κ1) is 25.1. The molecule has 198 valence electrons. The van der Waals surface area contributed by atoms with E-state index in [0.717, 1.165) is 74.4 Å². The Morgan fingerprint density at radius 1 is 1.14 bits per heavy atom. The number of aromatic nitrogens is 1. The number of anilines is 1. The molecule has 37 heavy (non-hydrogen) atoms. The summed E-state index contributed by atoms with van der Waals surface area (Å²) in [4.78, 5) is 27.3. The van der Waals surface area contributed by atoms with E-state index >= 15 is 0 Å². The Bertz CT molecular complexity index is 1100. The fraction of sp³-hybridized carbons (Fsp3) is 0.714. The molecule has 0 spiro atoms. The van der Waals surface area contributed by atoms with E-state index < -0.39 is 0 Å². The average molecular weight is 569 g/mol. The van der Waals surface area contributed by atoms with Crippen molar-refractivity contribution < 1.29 is 4.79 Å². The van der Waals surface area contributed by atoms with Gasteiger partial charge < -0.3 is 10.6 Å². The molecule has 4 atom stereocenters. The maximum atomic E-state index is 12.4. The fourth-order valence-corrected chi connectivity index (χ4v) is 8.92. The maximum Gasteiger partial charge on any atom is 0.223 e. The van der Waals surface area contributed by atoms with Gasteiger partial charge >= 0.3 is 0 Å². The molecular formula is C28H38BrN7O. The van der Waals surface area contributed by atoms with Crippen LogP contribution in [-0.2, 0) is 4.79 Å². The van der Waals surface area contributed by atoms with Gasteiger partial charge in [0.1, 0.15) is 11.7 Å². The Balaban J connectivity index is 1.20. The summed E-state index contributed by atoms with van der Waals surface area (Å²) < 4.78 is 1.00. The van der Waals surface area contributed by atoms with Crippen LogP contribution in [0.2, 0.25) is 0 Å². The number of fused-ring (bicyclic) bond motifs is 2. The van der Waals surface area contributed by atoms with Gasteiger partial charge in [-0.05, 0) is 110 Å². The first-order valence-electron chi connectivity index (χ1n) is 13.8. The summed E-state index contributed by atoms with van der Waals surface area (Å²) in [5, 5.41) is 12.7. The zero-order valence-corrected chi connectivity index (χ0v) is 23.5. The third-order valence-electron chi connectivity index (χ3n) is 10.2. The summed E-state index contributed by atoms with van der Waals surface area (Å²) in [5.41, 5.74) is 5.21. The van der Waals surface area contributed by atoms with Gasteiger partial charge in [-0.1, -0.05) is 0 Å². The Hall–Kier alpha value is -2.18. The van der Waals surface area contributed by atoms with Crippen molar-refractivity contribution in [1.82, 2.24) is 15.2 Å². The number of carbonyl (C=O) groups excluding carboxylic acids is 1. The number of nitriles is 1. The van der Waals surface area contributed by atoms with Crippen LogP contribution in [0.1, 0.15) is 52.4 Å². The maximum absolute atomic E-state index is 12.4. The van der Waals surface area contributed by atoms with Crippen LogP contribution in [0.15, 0.2) is 27.8 Å². The van der Waals surface area contributed by atoms with Gasteiger partial charge in [-0.25, -0.2) is 4.98 Å². The van der Waals surface area contributed by atoms with Crippen LogP contribution in [-0.4, -0.2) is 59.4 Å². The highest BCUT2D eigenvalue weighted by molar-refractivity contribution is 9.10. The van der Waals surface area contributed by atoms with Crippen LogP contribution < -0.4 is 16.0 Å². The van der Waals surface area contributed by atoms with Crippen LogP contribution in [0.5, 0.6) is 0 Å². The lowest BCUT2D eigenvalue weighted by Gasteiger charge is -2.58. The second-order valence-electron chi connectivity index (χ2n) is 13.0. The summed E-state index contributed by atoms with van der Waals surface area (Å²) >= 11 is 3.49. The van der Waals surface area contributed by atoms with E-state index in [2.05, 4.69) is 68.2 Å². The van der Waals surface area contributed by atoms with E-state index in [9.17, 15) is 10.1 Å². The number of nitrogens with two attached hydrogens (primary N) is 1. The summed E-state index contributed by atoms with van der Waals surface area (Å²) in [6.07, 6.45) is 10.3. The van der Waals surface area contributed by atoms with Crippen molar-refractivity contribution in [2.24, 2.45) is 45.7 Å². The van der Waals surface area contributed by atoms with Crippen molar-refractivity contribution in [2.45, 2.75) is 64.0 Å². The van der Waals surface area contributed by atoms with Crippen LogP contribution >= 0.6 is 15.9 Å². The molecule has 2 aliphatic heterocycles. The third-order valence-corrected chi connectivity index (χ3v) is 10.7. The van der Waals surface area contributed by atoms with Crippen molar-refractivity contribution in [3.05, 3.63) is 22.8 Å². The molecule has 3 heterocycles. The van der Waals surface area contributed by atoms with Gasteiger partial charge in [0.05, 0.1) is 11.6 Å². The first-order valence-corrected chi connectivity index (χ1v) is 14.6. The fourth-order valence-electron chi connectivity index (χ4n) is 8.68. The van der Waals surface area contributed by atoms with E-state index in [4.69, 9.17) is 10.7 Å². The predicted molar refractivity (Wildman–Crippen MR) is 147 cm³/mol. The zero-order valence-electron chi connectivity index (χ0n) is 21.9. The molecule has 1 aromatic rings.